The predicted molar refractivity (Wildman–Crippen MR) is 170 cm³/mol. The average Bonchev–Trinajstić information content (AvgIpc) is 3.37. The van der Waals surface area contributed by atoms with E-state index >= 15 is 0 Å². The summed E-state index contributed by atoms with van der Waals surface area (Å²) in [6, 6.07) is 25.0. The maximum absolute atomic E-state index is 13.0. The first-order valence-electron chi connectivity index (χ1n) is 14.8. The summed E-state index contributed by atoms with van der Waals surface area (Å²) in [5.74, 6) is 0.00699. The number of benzene rings is 3. The molecule has 1 fully saturated rings. The van der Waals surface area contributed by atoms with Crippen LogP contribution < -0.4 is 10.6 Å². The van der Waals surface area contributed by atoms with Crippen molar-refractivity contribution in [1.29, 1.82) is 0 Å². The molecule has 0 unspecified atom stereocenters. The highest BCUT2D eigenvalue weighted by molar-refractivity contribution is 6.56. The zero-order valence-corrected chi connectivity index (χ0v) is 25.9. The number of hydrogen-bond donors (Lipinski definition) is 2. The molecule has 42 heavy (non-hydrogen) atoms. The summed E-state index contributed by atoms with van der Waals surface area (Å²) < 4.78 is 18.5. The minimum Gasteiger partial charge on any atom is -0.449 e. The van der Waals surface area contributed by atoms with Gasteiger partial charge < -0.3 is 24.7 Å². The van der Waals surface area contributed by atoms with E-state index in [2.05, 4.69) is 79.9 Å². The molecule has 1 saturated heterocycles. The standard InChI is InChI=1S/C35H43BN2O4/c1-33(2,3)38-21-25-18-16-24(17-19-25)20-26(36-41-34(4,5)35(6,7)42-36)22-37-32(39)40-23-31-29-14-10-8-12-27(29)28-13-9-11-15-30(28)31/h8-20,31,38H,21-23H2,1-7H3,(H,37,39). The van der Waals surface area contributed by atoms with Gasteiger partial charge in [0, 0.05) is 24.5 Å². The summed E-state index contributed by atoms with van der Waals surface area (Å²) >= 11 is 0. The maximum atomic E-state index is 13.0. The van der Waals surface area contributed by atoms with Gasteiger partial charge >= 0.3 is 13.2 Å². The number of carbonyl (C=O) groups is 1. The zero-order valence-electron chi connectivity index (χ0n) is 25.9. The fourth-order valence-electron chi connectivity index (χ4n) is 5.33. The van der Waals surface area contributed by atoms with Crippen molar-refractivity contribution in [3.05, 3.63) is 101 Å². The van der Waals surface area contributed by atoms with E-state index in [4.69, 9.17) is 14.0 Å². The molecule has 1 aliphatic carbocycles. The lowest BCUT2D eigenvalue weighted by molar-refractivity contribution is 0.00578. The van der Waals surface area contributed by atoms with Gasteiger partial charge in [0.25, 0.3) is 0 Å². The van der Waals surface area contributed by atoms with Crippen molar-refractivity contribution >= 4 is 19.3 Å². The first-order valence-corrected chi connectivity index (χ1v) is 14.8. The van der Waals surface area contributed by atoms with Crippen LogP contribution in [0.1, 0.15) is 76.6 Å². The van der Waals surface area contributed by atoms with Crippen LogP contribution in [0.25, 0.3) is 17.2 Å². The Balaban J connectivity index is 1.28. The fourth-order valence-corrected chi connectivity index (χ4v) is 5.33. The number of nitrogens with one attached hydrogen (secondary N) is 2. The Kier molecular flexibility index (Phi) is 8.39. The van der Waals surface area contributed by atoms with Gasteiger partial charge in [-0.05, 0) is 87.3 Å². The number of ether oxygens (including phenoxy) is 1. The van der Waals surface area contributed by atoms with Gasteiger partial charge in [0.05, 0.1) is 11.2 Å². The van der Waals surface area contributed by atoms with Crippen molar-refractivity contribution in [1.82, 2.24) is 10.6 Å². The highest BCUT2D eigenvalue weighted by Gasteiger charge is 2.52. The second-order valence-electron chi connectivity index (χ2n) is 13.3. The molecule has 1 aliphatic heterocycles. The molecule has 1 amide bonds. The minimum atomic E-state index is -0.592. The Morgan fingerprint density at radius 2 is 1.43 bits per heavy atom. The quantitative estimate of drug-likeness (QED) is 0.284. The number of rotatable bonds is 8. The van der Waals surface area contributed by atoms with Gasteiger partial charge in [-0.2, -0.15) is 0 Å². The van der Waals surface area contributed by atoms with E-state index in [9.17, 15) is 4.79 Å². The smallest absolute Gasteiger partial charge is 0.449 e. The van der Waals surface area contributed by atoms with E-state index in [1.807, 2.05) is 58.0 Å². The summed E-state index contributed by atoms with van der Waals surface area (Å²) in [5, 5.41) is 6.48. The largest absolute Gasteiger partial charge is 0.492 e. The summed E-state index contributed by atoms with van der Waals surface area (Å²) in [5.41, 5.74) is 6.86. The van der Waals surface area contributed by atoms with Gasteiger partial charge in [0.2, 0.25) is 0 Å². The van der Waals surface area contributed by atoms with E-state index < -0.39 is 24.4 Å². The maximum Gasteiger partial charge on any atom is 0.492 e. The summed E-state index contributed by atoms with van der Waals surface area (Å²) in [7, 11) is -0.592. The molecule has 2 N–H and O–H groups in total. The molecule has 1 heterocycles. The molecular weight excluding hydrogens is 523 g/mol. The van der Waals surface area contributed by atoms with Crippen LogP contribution in [0.2, 0.25) is 0 Å². The van der Waals surface area contributed by atoms with Gasteiger partial charge in [-0.25, -0.2) is 4.79 Å². The number of hydrogen-bond acceptors (Lipinski definition) is 5. The third-order valence-electron chi connectivity index (χ3n) is 8.49. The van der Waals surface area contributed by atoms with Gasteiger partial charge in [-0.3, -0.25) is 0 Å². The lowest BCUT2D eigenvalue weighted by Gasteiger charge is -2.32. The molecule has 0 radical (unpaired) electrons. The van der Waals surface area contributed by atoms with Crippen LogP contribution in [0.4, 0.5) is 4.79 Å². The van der Waals surface area contributed by atoms with Crippen molar-refractivity contribution in [3.63, 3.8) is 0 Å². The molecule has 2 aliphatic rings. The zero-order chi connectivity index (χ0) is 30.1. The average molecular weight is 567 g/mol. The van der Waals surface area contributed by atoms with E-state index in [0.717, 1.165) is 17.6 Å². The number of fused-ring (bicyclic) bond motifs is 3. The normalized spacial score (nSPS) is 17.6. The number of alkyl carbamates (subject to hydrolysis) is 1. The molecule has 7 heteroatoms. The molecule has 0 bridgehead atoms. The van der Waals surface area contributed by atoms with Crippen LogP contribution >= 0.6 is 0 Å². The van der Waals surface area contributed by atoms with Crippen LogP contribution in [-0.2, 0) is 20.6 Å². The Bertz CT molecular complexity index is 1390. The van der Waals surface area contributed by atoms with Crippen molar-refractivity contribution in [2.45, 2.75) is 77.7 Å². The molecule has 0 spiro atoms. The third kappa shape index (κ3) is 6.64. The minimum absolute atomic E-state index is 0.00699. The summed E-state index contributed by atoms with van der Waals surface area (Å²) in [6.07, 6.45) is 1.57. The van der Waals surface area contributed by atoms with E-state index in [1.165, 1.54) is 27.8 Å². The van der Waals surface area contributed by atoms with Crippen LogP contribution in [-0.4, -0.2) is 43.1 Å². The van der Waals surface area contributed by atoms with Crippen LogP contribution in [0.5, 0.6) is 0 Å². The van der Waals surface area contributed by atoms with Gasteiger partial charge in [0.1, 0.15) is 6.61 Å². The second kappa shape index (κ2) is 11.7. The first-order chi connectivity index (χ1) is 19.8. The molecule has 0 aromatic heterocycles. The molecular formula is C35H43BN2O4. The van der Waals surface area contributed by atoms with Crippen molar-refractivity contribution < 1.29 is 18.8 Å². The third-order valence-corrected chi connectivity index (χ3v) is 8.49. The lowest BCUT2D eigenvalue weighted by atomic mass is 9.77. The molecule has 3 aromatic carbocycles. The molecule has 0 saturated carbocycles. The molecule has 0 atom stereocenters. The molecule has 3 aromatic rings. The van der Waals surface area contributed by atoms with Crippen LogP contribution in [0.3, 0.4) is 0 Å². The predicted octanol–water partition coefficient (Wildman–Crippen LogP) is 7.13. The van der Waals surface area contributed by atoms with E-state index in [0.29, 0.717) is 0 Å². The first kappa shape index (κ1) is 30.1. The van der Waals surface area contributed by atoms with Crippen LogP contribution in [0.15, 0.2) is 78.3 Å². The SMILES string of the molecule is CC(C)(C)NCc1ccc(C=C(CNC(=O)OCC2c3ccccc3-c3ccccc32)B2OC(C)(C)C(C)(C)O2)cc1. The van der Waals surface area contributed by atoms with Gasteiger partial charge in [0.15, 0.2) is 0 Å². The van der Waals surface area contributed by atoms with E-state index in [-0.39, 0.29) is 24.6 Å². The van der Waals surface area contributed by atoms with Gasteiger partial charge in [-0.15, -0.1) is 0 Å². The molecule has 6 nitrogen and oxygen atoms in total. The van der Waals surface area contributed by atoms with Crippen molar-refractivity contribution in [2.75, 3.05) is 13.2 Å². The van der Waals surface area contributed by atoms with Crippen molar-refractivity contribution in [3.8, 4) is 11.1 Å². The molecule has 220 valence electrons. The monoisotopic (exact) mass is 566 g/mol. The Labute approximate surface area is 251 Å². The Morgan fingerprint density at radius 1 is 0.881 bits per heavy atom. The summed E-state index contributed by atoms with van der Waals surface area (Å²) in [4.78, 5) is 13.0. The highest BCUT2D eigenvalue weighted by atomic mass is 16.7. The van der Waals surface area contributed by atoms with Crippen molar-refractivity contribution in [2.24, 2.45) is 0 Å². The Morgan fingerprint density at radius 3 is 1.98 bits per heavy atom. The number of carbonyl (C=O) groups excluding carboxylic acids is 1. The van der Waals surface area contributed by atoms with Gasteiger partial charge in [-0.1, -0.05) is 78.9 Å². The van der Waals surface area contributed by atoms with E-state index in [1.54, 1.807) is 0 Å². The Hall–Kier alpha value is -3.39. The fraction of sp³-hybridized carbons (Fsp3) is 0.400. The second-order valence-corrected chi connectivity index (χ2v) is 13.3. The number of amides is 1. The summed E-state index contributed by atoms with van der Waals surface area (Å²) in [6.45, 7) is 15.9. The highest BCUT2D eigenvalue weighted by Crippen LogP contribution is 2.44. The topological polar surface area (TPSA) is 68.8 Å². The van der Waals surface area contributed by atoms with Crippen LogP contribution in [0, 0.1) is 0 Å². The lowest BCUT2D eigenvalue weighted by Crippen LogP contribution is -2.41. The molecule has 5 rings (SSSR count).